The van der Waals surface area contributed by atoms with Gasteiger partial charge in [0.1, 0.15) is 0 Å². The zero-order valence-corrected chi connectivity index (χ0v) is 16.2. The van der Waals surface area contributed by atoms with E-state index in [0.717, 1.165) is 22.0 Å². The fourth-order valence-corrected chi connectivity index (χ4v) is 3.43. The molecule has 0 aliphatic heterocycles. The Morgan fingerprint density at radius 1 is 1.07 bits per heavy atom. The first-order chi connectivity index (χ1) is 13.0. The number of amides is 1. The number of aromatic nitrogens is 1. The maximum Gasteiger partial charge on any atom is 0.221 e. The molecule has 27 heavy (non-hydrogen) atoms. The summed E-state index contributed by atoms with van der Waals surface area (Å²) in [6, 6.07) is 14.1. The van der Waals surface area contributed by atoms with Crippen molar-refractivity contribution in [1.82, 2.24) is 10.3 Å². The Kier molecular flexibility index (Phi) is 5.69. The average molecular weight is 366 g/mol. The number of hydrogen-bond donors (Lipinski definition) is 2. The number of ether oxygens (including phenoxy) is 2. The highest BCUT2D eigenvalue weighted by atomic mass is 16.5. The van der Waals surface area contributed by atoms with Gasteiger partial charge in [0.25, 0.3) is 0 Å². The van der Waals surface area contributed by atoms with Gasteiger partial charge in [0.05, 0.1) is 14.2 Å². The summed E-state index contributed by atoms with van der Waals surface area (Å²) in [4.78, 5) is 15.9. The Labute approximate surface area is 159 Å². The van der Waals surface area contributed by atoms with Crippen LogP contribution in [0.25, 0.3) is 10.9 Å². The summed E-state index contributed by atoms with van der Waals surface area (Å²) in [6.45, 7) is 3.93. The van der Waals surface area contributed by atoms with E-state index in [2.05, 4.69) is 16.4 Å². The zero-order chi connectivity index (χ0) is 19.4. The lowest BCUT2D eigenvalue weighted by Crippen LogP contribution is -2.31. The first-order valence-corrected chi connectivity index (χ1v) is 9.10. The monoisotopic (exact) mass is 366 g/mol. The van der Waals surface area contributed by atoms with Crippen molar-refractivity contribution in [3.05, 3.63) is 59.8 Å². The summed E-state index contributed by atoms with van der Waals surface area (Å²) in [5.41, 5.74) is 3.16. The molecule has 5 heteroatoms. The molecule has 0 aliphatic carbocycles. The molecule has 0 bridgehead atoms. The Morgan fingerprint density at radius 3 is 2.52 bits per heavy atom. The Hall–Kier alpha value is -2.95. The summed E-state index contributed by atoms with van der Waals surface area (Å²) in [7, 11) is 3.23. The molecular weight excluding hydrogens is 340 g/mol. The highest BCUT2D eigenvalue weighted by molar-refractivity contribution is 5.86. The normalized spacial score (nSPS) is 12.2. The van der Waals surface area contributed by atoms with Gasteiger partial charge in [-0.05, 0) is 43.2 Å². The number of carbonyl (C=O) groups excluding carboxylic acids is 1. The summed E-state index contributed by atoms with van der Waals surface area (Å²) in [5, 5.41) is 4.12. The SMILES string of the molecule is COc1ccc([C@H](CC(=O)NC(C)C)c2c[nH]c3ccccc23)cc1OC. The smallest absolute Gasteiger partial charge is 0.221 e. The molecule has 1 aromatic heterocycles. The number of nitrogens with one attached hydrogen (secondary N) is 2. The molecule has 0 saturated carbocycles. The number of aromatic amines is 1. The number of benzene rings is 2. The quantitative estimate of drug-likeness (QED) is 0.658. The highest BCUT2D eigenvalue weighted by Crippen LogP contribution is 2.37. The predicted octanol–water partition coefficient (Wildman–Crippen LogP) is 4.23. The van der Waals surface area contributed by atoms with Crippen LogP contribution in [0.2, 0.25) is 0 Å². The van der Waals surface area contributed by atoms with Crippen LogP contribution < -0.4 is 14.8 Å². The van der Waals surface area contributed by atoms with Gasteiger partial charge in [-0.3, -0.25) is 4.79 Å². The lowest BCUT2D eigenvalue weighted by molar-refractivity contribution is -0.121. The molecule has 0 spiro atoms. The molecule has 0 unspecified atom stereocenters. The molecule has 0 saturated heterocycles. The van der Waals surface area contributed by atoms with Crippen molar-refractivity contribution in [2.45, 2.75) is 32.2 Å². The van der Waals surface area contributed by atoms with Crippen molar-refractivity contribution >= 4 is 16.8 Å². The second kappa shape index (κ2) is 8.16. The van der Waals surface area contributed by atoms with Gasteiger partial charge in [-0.1, -0.05) is 24.3 Å². The first kappa shape index (κ1) is 18.8. The van der Waals surface area contributed by atoms with E-state index in [1.54, 1.807) is 14.2 Å². The number of para-hydroxylation sites is 1. The van der Waals surface area contributed by atoms with E-state index in [1.807, 2.05) is 56.4 Å². The van der Waals surface area contributed by atoms with Gasteiger partial charge < -0.3 is 19.8 Å². The van der Waals surface area contributed by atoms with Crippen LogP contribution in [0, 0.1) is 0 Å². The molecule has 2 N–H and O–H groups in total. The topological polar surface area (TPSA) is 63.3 Å². The highest BCUT2D eigenvalue weighted by Gasteiger charge is 2.23. The van der Waals surface area contributed by atoms with E-state index >= 15 is 0 Å². The van der Waals surface area contributed by atoms with Gasteiger partial charge in [0.15, 0.2) is 11.5 Å². The number of fused-ring (bicyclic) bond motifs is 1. The van der Waals surface area contributed by atoms with Gasteiger partial charge >= 0.3 is 0 Å². The van der Waals surface area contributed by atoms with Crippen molar-refractivity contribution in [2.24, 2.45) is 0 Å². The minimum absolute atomic E-state index is 0.0232. The molecule has 1 amide bonds. The Balaban J connectivity index is 2.06. The molecule has 5 nitrogen and oxygen atoms in total. The molecule has 142 valence electrons. The second-order valence-corrected chi connectivity index (χ2v) is 6.88. The fraction of sp³-hybridized carbons (Fsp3) is 0.318. The van der Waals surface area contributed by atoms with E-state index in [1.165, 1.54) is 0 Å². The maximum atomic E-state index is 12.6. The molecule has 2 aromatic carbocycles. The van der Waals surface area contributed by atoms with Gasteiger partial charge in [0.2, 0.25) is 5.91 Å². The first-order valence-electron chi connectivity index (χ1n) is 9.10. The van der Waals surface area contributed by atoms with Crippen LogP contribution in [0.5, 0.6) is 11.5 Å². The lowest BCUT2D eigenvalue weighted by atomic mass is 9.87. The van der Waals surface area contributed by atoms with Crippen LogP contribution in [0.15, 0.2) is 48.7 Å². The Morgan fingerprint density at radius 2 is 1.81 bits per heavy atom. The van der Waals surface area contributed by atoms with Crippen molar-refractivity contribution in [2.75, 3.05) is 14.2 Å². The van der Waals surface area contributed by atoms with Gasteiger partial charge in [-0.15, -0.1) is 0 Å². The lowest BCUT2D eigenvalue weighted by Gasteiger charge is -2.19. The summed E-state index contributed by atoms with van der Waals surface area (Å²) >= 11 is 0. The van der Waals surface area contributed by atoms with Crippen LogP contribution in [-0.4, -0.2) is 31.2 Å². The minimum atomic E-state index is -0.0975. The van der Waals surface area contributed by atoms with Crippen LogP contribution in [0.1, 0.15) is 37.3 Å². The number of H-pyrrole nitrogens is 1. The van der Waals surface area contributed by atoms with Crippen molar-refractivity contribution in [1.29, 1.82) is 0 Å². The third kappa shape index (κ3) is 4.08. The van der Waals surface area contributed by atoms with Crippen LogP contribution >= 0.6 is 0 Å². The standard InChI is InChI=1S/C22H26N2O3/c1-14(2)24-22(25)12-17(15-9-10-20(26-3)21(11-15)27-4)18-13-23-19-8-6-5-7-16(18)19/h5-11,13-14,17,23H,12H2,1-4H3,(H,24,25)/t17-/m0/s1. The van der Waals surface area contributed by atoms with Gasteiger partial charge in [-0.25, -0.2) is 0 Å². The van der Waals surface area contributed by atoms with Gasteiger partial charge in [-0.2, -0.15) is 0 Å². The summed E-state index contributed by atoms with van der Waals surface area (Å²) in [6.07, 6.45) is 2.35. The number of rotatable bonds is 7. The molecular formula is C22H26N2O3. The van der Waals surface area contributed by atoms with Crippen LogP contribution in [-0.2, 0) is 4.79 Å². The molecule has 0 radical (unpaired) electrons. The molecule has 3 aromatic rings. The van der Waals surface area contributed by atoms with Crippen molar-refractivity contribution < 1.29 is 14.3 Å². The third-order valence-corrected chi connectivity index (χ3v) is 4.65. The van der Waals surface area contributed by atoms with Crippen molar-refractivity contribution in [3.8, 4) is 11.5 Å². The van der Waals surface area contributed by atoms with Crippen LogP contribution in [0.4, 0.5) is 0 Å². The minimum Gasteiger partial charge on any atom is -0.493 e. The number of hydrogen-bond acceptors (Lipinski definition) is 3. The molecule has 1 heterocycles. The fourth-order valence-electron chi connectivity index (χ4n) is 3.43. The number of methoxy groups -OCH3 is 2. The Bertz CT molecular complexity index is 930. The summed E-state index contributed by atoms with van der Waals surface area (Å²) in [5.74, 6) is 1.25. The van der Waals surface area contributed by atoms with E-state index < -0.39 is 0 Å². The third-order valence-electron chi connectivity index (χ3n) is 4.65. The average Bonchev–Trinajstić information content (AvgIpc) is 3.09. The van der Waals surface area contributed by atoms with E-state index in [-0.39, 0.29) is 17.9 Å². The molecule has 0 fully saturated rings. The predicted molar refractivity (Wildman–Crippen MR) is 108 cm³/mol. The van der Waals surface area contributed by atoms with E-state index in [0.29, 0.717) is 17.9 Å². The number of carbonyl (C=O) groups is 1. The largest absolute Gasteiger partial charge is 0.493 e. The molecule has 3 rings (SSSR count). The molecule has 0 aliphatic rings. The second-order valence-electron chi connectivity index (χ2n) is 6.88. The van der Waals surface area contributed by atoms with E-state index in [4.69, 9.17) is 9.47 Å². The van der Waals surface area contributed by atoms with E-state index in [9.17, 15) is 4.79 Å². The van der Waals surface area contributed by atoms with Crippen molar-refractivity contribution in [3.63, 3.8) is 0 Å². The zero-order valence-electron chi connectivity index (χ0n) is 16.2. The van der Waals surface area contributed by atoms with Crippen LogP contribution in [0.3, 0.4) is 0 Å². The van der Waals surface area contributed by atoms with Gasteiger partial charge in [0, 0.05) is 35.5 Å². The molecule has 1 atom stereocenters. The summed E-state index contributed by atoms with van der Waals surface area (Å²) < 4.78 is 10.8. The maximum absolute atomic E-state index is 12.6.